The van der Waals surface area contributed by atoms with Gasteiger partial charge in [0.2, 0.25) is 11.8 Å². The molecule has 0 aromatic heterocycles. The fourth-order valence-corrected chi connectivity index (χ4v) is 3.30. The van der Waals surface area contributed by atoms with Gasteiger partial charge in [-0.3, -0.25) is 14.5 Å². The van der Waals surface area contributed by atoms with Crippen LogP contribution in [-0.2, 0) is 22.6 Å². The molecule has 0 aliphatic carbocycles. The Kier molecular flexibility index (Phi) is 8.00. The molecule has 27 heavy (non-hydrogen) atoms. The lowest BCUT2D eigenvalue weighted by atomic mass is 10.1. The third-order valence-corrected chi connectivity index (χ3v) is 4.73. The van der Waals surface area contributed by atoms with Gasteiger partial charge in [-0.2, -0.15) is 0 Å². The van der Waals surface area contributed by atoms with Crippen LogP contribution in [0.5, 0.6) is 0 Å². The number of benzene rings is 1. The molecule has 1 aliphatic heterocycles. The number of carbonyl (C=O) groups is 2. The van der Waals surface area contributed by atoms with E-state index in [-0.39, 0.29) is 30.5 Å². The number of nitrogens with zero attached hydrogens (tertiary/aromatic N) is 1. The number of amides is 2. The number of allylic oxidation sites excluding steroid dienone is 1. The van der Waals surface area contributed by atoms with E-state index in [2.05, 4.69) is 21.6 Å². The largest absolute Gasteiger partial charge is 0.392 e. The second-order valence-corrected chi connectivity index (χ2v) is 7.30. The van der Waals surface area contributed by atoms with E-state index in [1.54, 1.807) is 0 Å². The number of likely N-dealkylation sites (tertiary alicyclic amines) is 1. The second-order valence-electron chi connectivity index (χ2n) is 7.30. The normalized spacial score (nSPS) is 19.6. The summed E-state index contributed by atoms with van der Waals surface area (Å²) in [5.74, 6) is -0.0218. The van der Waals surface area contributed by atoms with Gasteiger partial charge in [-0.05, 0) is 38.3 Å². The van der Waals surface area contributed by atoms with E-state index in [4.69, 9.17) is 5.11 Å². The van der Waals surface area contributed by atoms with Crippen LogP contribution in [0.4, 0.5) is 0 Å². The predicted octanol–water partition coefficient (Wildman–Crippen LogP) is 1.38. The van der Waals surface area contributed by atoms with E-state index in [0.29, 0.717) is 32.5 Å². The topological polar surface area (TPSA) is 81.7 Å². The van der Waals surface area contributed by atoms with Crippen LogP contribution in [0.2, 0.25) is 0 Å². The molecule has 2 rings (SSSR count). The van der Waals surface area contributed by atoms with Gasteiger partial charge < -0.3 is 15.7 Å². The van der Waals surface area contributed by atoms with Crippen molar-refractivity contribution in [3.05, 3.63) is 47.0 Å². The first kappa shape index (κ1) is 21.1. The van der Waals surface area contributed by atoms with Crippen molar-refractivity contribution in [2.75, 3.05) is 19.6 Å². The van der Waals surface area contributed by atoms with Crippen molar-refractivity contribution in [2.24, 2.45) is 0 Å². The molecule has 1 aliphatic rings. The fourth-order valence-electron chi connectivity index (χ4n) is 3.30. The Labute approximate surface area is 161 Å². The van der Waals surface area contributed by atoms with E-state index < -0.39 is 0 Å². The number of aliphatic hydroxyl groups is 1. The molecule has 2 atom stereocenters. The van der Waals surface area contributed by atoms with Crippen LogP contribution in [0.25, 0.3) is 0 Å². The molecule has 1 fully saturated rings. The zero-order chi connectivity index (χ0) is 19.8. The molecule has 1 aromatic rings. The summed E-state index contributed by atoms with van der Waals surface area (Å²) in [7, 11) is 0. The molecule has 148 valence electrons. The van der Waals surface area contributed by atoms with Gasteiger partial charge in [-0.25, -0.2) is 0 Å². The molecule has 2 amide bonds. The van der Waals surface area contributed by atoms with E-state index in [1.165, 1.54) is 5.57 Å². The molecule has 3 N–H and O–H groups in total. The minimum Gasteiger partial charge on any atom is -0.392 e. The van der Waals surface area contributed by atoms with Crippen molar-refractivity contribution >= 4 is 11.8 Å². The van der Waals surface area contributed by atoms with Gasteiger partial charge in [0.15, 0.2) is 0 Å². The van der Waals surface area contributed by atoms with E-state index in [0.717, 1.165) is 11.1 Å². The van der Waals surface area contributed by atoms with E-state index >= 15 is 0 Å². The van der Waals surface area contributed by atoms with Crippen LogP contribution in [-0.4, -0.2) is 53.5 Å². The third kappa shape index (κ3) is 6.48. The number of likely N-dealkylation sites (N-methyl/N-ethyl adjacent to an activating group) is 1. The summed E-state index contributed by atoms with van der Waals surface area (Å²) in [6.07, 6.45) is 3.03. The van der Waals surface area contributed by atoms with Gasteiger partial charge in [-0.1, -0.05) is 35.9 Å². The lowest BCUT2D eigenvalue weighted by Crippen LogP contribution is -2.43. The molecule has 1 heterocycles. The summed E-state index contributed by atoms with van der Waals surface area (Å²) in [4.78, 5) is 26.9. The Hall–Kier alpha value is -2.18. The van der Waals surface area contributed by atoms with Crippen LogP contribution >= 0.6 is 0 Å². The summed E-state index contributed by atoms with van der Waals surface area (Å²) in [5, 5.41) is 15.1. The molecule has 6 heteroatoms. The van der Waals surface area contributed by atoms with Gasteiger partial charge in [0.05, 0.1) is 19.1 Å². The lowest BCUT2D eigenvalue weighted by Gasteiger charge is -2.21. The summed E-state index contributed by atoms with van der Waals surface area (Å²) in [6.45, 7) is 7.97. The molecule has 6 nitrogen and oxygen atoms in total. The fraction of sp³-hybridized carbons (Fsp3) is 0.524. The van der Waals surface area contributed by atoms with Crippen molar-refractivity contribution in [3.8, 4) is 0 Å². The quantitative estimate of drug-likeness (QED) is 0.602. The number of hydrogen-bond acceptors (Lipinski definition) is 4. The highest BCUT2D eigenvalue weighted by molar-refractivity contribution is 5.83. The molecule has 0 radical (unpaired) electrons. The SMILES string of the molecule is CCNC(=O)[C@@H]1C[C@H](NC(=O)Cc2ccc(CO)cc2)CN1CC=C(C)C. The number of rotatable bonds is 8. The van der Waals surface area contributed by atoms with Gasteiger partial charge in [0.1, 0.15) is 0 Å². The highest BCUT2D eigenvalue weighted by Crippen LogP contribution is 2.19. The maximum Gasteiger partial charge on any atom is 0.237 e. The van der Waals surface area contributed by atoms with Crippen LogP contribution in [0.1, 0.15) is 38.3 Å². The van der Waals surface area contributed by atoms with Crippen LogP contribution in [0.3, 0.4) is 0 Å². The van der Waals surface area contributed by atoms with Crippen molar-refractivity contribution < 1.29 is 14.7 Å². The van der Waals surface area contributed by atoms with Crippen LogP contribution in [0, 0.1) is 0 Å². The Bertz CT molecular complexity index is 666. The van der Waals surface area contributed by atoms with Crippen molar-refractivity contribution in [1.29, 1.82) is 0 Å². The third-order valence-electron chi connectivity index (χ3n) is 4.73. The number of hydrogen-bond donors (Lipinski definition) is 3. The van der Waals surface area contributed by atoms with Crippen LogP contribution < -0.4 is 10.6 Å². The van der Waals surface area contributed by atoms with Crippen molar-refractivity contribution in [3.63, 3.8) is 0 Å². The Morgan fingerprint density at radius 3 is 2.48 bits per heavy atom. The Morgan fingerprint density at radius 2 is 1.89 bits per heavy atom. The van der Waals surface area contributed by atoms with Gasteiger partial charge in [-0.15, -0.1) is 0 Å². The molecule has 1 aromatic carbocycles. The minimum absolute atomic E-state index is 0.00270. The zero-order valence-electron chi connectivity index (χ0n) is 16.5. The summed E-state index contributed by atoms with van der Waals surface area (Å²) in [5.41, 5.74) is 2.95. The standard InChI is InChI=1S/C21H31N3O3/c1-4-22-21(27)19-12-18(13-24(19)10-9-15(2)3)23-20(26)11-16-5-7-17(14-25)8-6-16/h5-9,18-19,25H,4,10-14H2,1-3H3,(H,22,27)(H,23,26)/t18-,19-/m0/s1. The molecular formula is C21H31N3O3. The number of aliphatic hydroxyl groups excluding tert-OH is 1. The first-order valence-electron chi connectivity index (χ1n) is 9.56. The second kappa shape index (κ2) is 10.2. The molecular weight excluding hydrogens is 342 g/mol. The van der Waals surface area contributed by atoms with Gasteiger partial charge in [0.25, 0.3) is 0 Å². The number of carbonyl (C=O) groups excluding carboxylic acids is 2. The summed E-state index contributed by atoms with van der Waals surface area (Å²) >= 11 is 0. The van der Waals surface area contributed by atoms with Gasteiger partial charge >= 0.3 is 0 Å². The van der Waals surface area contributed by atoms with E-state index in [9.17, 15) is 9.59 Å². The van der Waals surface area contributed by atoms with E-state index in [1.807, 2.05) is 45.0 Å². The van der Waals surface area contributed by atoms with Crippen molar-refractivity contribution in [1.82, 2.24) is 15.5 Å². The smallest absolute Gasteiger partial charge is 0.237 e. The first-order valence-corrected chi connectivity index (χ1v) is 9.56. The Balaban J connectivity index is 1.95. The molecule has 1 saturated heterocycles. The predicted molar refractivity (Wildman–Crippen MR) is 106 cm³/mol. The minimum atomic E-state index is -0.213. The molecule has 0 saturated carbocycles. The zero-order valence-corrected chi connectivity index (χ0v) is 16.5. The van der Waals surface area contributed by atoms with Crippen LogP contribution in [0.15, 0.2) is 35.9 Å². The first-order chi connectivity index (χ1) is 12.9. The average Bonchev–Trinajstić information content (AvgIpc) is 3.03. The lowest BCUT2D eigenvalue weighted by molar-refractivity contribution is -0.125. The highest BCUT2D eigenvalue weighted by Gasteiger charge is 2.36. The average molecular weight is 373 g/mol. The number of nitrogens with one attached hydrogen (secondary N) is 2. The maximum atomic E-state index is 12.4. The Morgan fingerprint density at radius 1 is 1.22 bits per heavy atom. The highest BCUT2D eigenvalue weighted by atomic mass is 16.3. The van der Waals surface area contributed by atoms with Crippen molar-refractivity contribution in [2.45, 2.75) is 52.3 Å². The monoisotopic (exact) mass is 373 g/mol. The summed E-state index contributed by atoms with van der Waals surface area (Å²) in [6, 6.07) is 7.12. The molecule has 0 unspecified atom stereocenters. The van der Waals surface area contributed by atoms with Gasteiger partial charge in [0, 0.05) is 25.7 Å². The molecule has 0 spiro atoms. The maximum absolute atomic E-state index is 12.4. The molecule has 0 bridgehead atoms. The summed E-state index contributed by atoms with van der Waals surface area (Å²) < 4.78 is 0.